The number of benzene rings is 1. The summed E-state index contributed by atoms with van der Waals surface area (Å²) in [4.78, 5) is 4.57. The zero-order valence-corrected chi connectivity index (χ0v) is 11.9. The summed E-state index contributed by atoms with van der Waals surface area (Å²) in [6, 6.07) is 8.79. The van der Waals surface area contributed by atoms with E-state index >= 15 is 0 Å². The molecule has 0 aromatic heterocycles. The smallest absolute Gasteiger partial charge is 0.0963 e. The van der Waals surface area contributed by atoms with Crippen LogP contribution in [0.4, 0.5) is 0 Å². The first-order valence-electron chi connectivity index (χ1n) is 6.67. The van der Waals surface area contributed by atoms with Gasteiger partial charge in [-0.25, -0.2) is 0 Å². The Morgan fingerprint density at radius 2 is 1.89 bits per heavy atom. The number of nitrogens with zero attached hydrogens (tertiary/aromatic N) is 1. The molecule has 0 saturated heterocycles. The first kappa shape index (κ1) is 15.0. The van der Waals surface area contributed by atoms with Gasteiger partial charge in [0.05, 0.1) is 5.84 Å². The molecular weight excluding hydrogens is 244 g/mol. The molecule has 1 aromatic carbocycles. The van der Waals surface area contributed by atoms with Crippen LogP contribution in [-0.4, -0.2) is 18.9 Å². The lowest BCUT2D eigenvalue weighted by atomic mass is 10.1. The number of halogens is 1. The standard InChI is InChI=1S/C15H22N2.ClH/c1-13-6-8-14(9-7-13)10-12-17-15-5-3-2-4-11-16-15;/h6-9H,2-5,10-12H2,1H3,(H,16,17);1H. The van der Waals surface area contributed by atoms with E-state index in [1.807, 2.05) is 0 Å². The van der Waals surface area contributed by atoms with Crippen molar-refractivity contribution in [3.8, 4) is 0 Å². The van der Waals surface area contributed by atoms with E-state index in [4.69, 9.17) is 0 Å². The van der Waals surface area contributed by atoms with Crippen LogP contribution in [-0.2, 0) is 6.42 Å². The third-order valence-corrected chi connectivity index (χ3v) is 3.24. The predicted molar refractivity (Wildman–Crippen MR) is 80.9 cm³/mol. The summed E-state index contributed by atoms with van der Waals surface area (Å²) in [6.07, 6.45) is 6.08. The van der Waals surface area contributed by atoms with Crippen LogP contribution in [0.5, 0.6) is 0 Å². The van der Waals surface area contributed by atoms with Crippen LogP contribution in [0.2, 0.25) is 0 Å². The fourth-order valence-electron chi connectivity index (χ4n) is 2.12. The van der Waals surface area contributed by atoms with Gasteiger partial charge in [-0.2, -0.15) is 0 Å². The molecule has 0 fully saturated rings. The van der Waals surface area contributed by atoms with E-state index < -0.39 is 0 Å². The van der Waals surface area contributed by atoms with Crippen molar-refractivity contribution >= 4 is 18.2 Å². The highest BCUT2D eigenvalue weighted by atomic mass is 35.5. The van der Waals surface area contributed by atoms with E-state index in [-0.39, 0.29) is 12.4 Å². The van der Waals surface area contributed by atoms with Crippen LogP contribution in [0.3, 0.4) is 0 Å². The van der Waals surface area contributed by atoms with Gasteiger partial charge < -0.3 is 5.32 Å². The number of hydrogen-bond acceptors (Lipinski definition) is 2. The number of aryl methyl sites for hydroxylation is 1. The van der Waals surface area contributed by atoms with Gasteiger partial charge in [0.25, 0.3) is 0 Å². The maximum Gasteiger partial charge on any atom is 0.0963 e. The second kappa shape index (κ2) is 8.15. The molecule has 0 unspecified atom stereocenters. The van der Waals surface area contributed by atoms with Crippen LogP contribution in [0.25, 0.3) is 0 Å². The minimum Gasteiger partial charge on any atom is -0.374 e. The van der Waals surface area contributed by atoms with Crippen molar-refractivity contribution in [2.45, 2.75) is 39.0 Å². The number of hydrogen-bond donors (Lipinski definition) is 1. The zero-order valence-electron chi connectivity index (χ0n) is 11.1. The summed E-state index contributed by atoms with van der Waals surface area (Å²) in [5.74, 6) is 1.22. The third-order valence-electron chi connectivity index (χ3n) is 3.24. The van der Waals surface area contributed by atoms with Crippen LogP contribution in [0.15, 0.2) is 29.3 Å². The average Bonchev–Trinajstić information content (AvgIpc) is 2.60. The Bertz CT molecular complexity index is 371. The Labute approximate surface area is 116 Å². The summed E-state index contributed by atoms with van der Waals surface area (Å²) in [6.45, 7) is 4.14. The summed E-state index contributed by atoms with van der Waals surface area (Å²) in [5, 5.41) is 3.47. The molecular formula is C15H23ClN2. The molecule has 1 N–H and O–H groups in total. The Morgan fingerprint density at radius 1 is 1.11 bits per heavy atom. The van der Waals surface area contributed by atoms with E-state index in [2.05, 4.69) is 41.5 Å². The lowest BCUT2D eigenvalue weighted by Crippen LogP contribution is -2.25. The monoisotopic (exact) mass is 266 g/mol. The molecule has 2 rings (SSSR count). The quantitative estimate of drug-likeness (QED) is 0.889. The van der Waals surface area contributed by atoms with E-state index in [0.717, 1.165) is 25.9 Å². The second-order valence-electron chi connectivity index (χ2n) is 4.80. The summed E-state index contributed by atoms with van der Waals surface area (Å²) >= 11 is 0. The molecule has 0 atom stereocenters. The fraction of sp³-hybridized carbons (Fsp3) is 0.533. The fourth-order valence-corrected chi connectivity index (χ4v) is 2.12. The van der Waals surface area contributed by atoms with Crippen molar-refractivity contribution in [3.05, 3.63) is 35.4 Å². The van der Waals surface area contributed by atoms with E-state index in [1.54, 1.807) is 0 Å². The molecule has 1 aliphatic rings. The predicted octanol–water partition coefficient (Wildman–Crippen LogP) is 3.52. The third kappa shape index (κ3) is 5.09. The maximum absolute atomic E-state index is 4.57. The van der Waals surface area contributed by atoms with Crippen molar-refractivity contribution < 1.29 is 0 Å². The largest absolute Gasteiger partial charge is 0.374 e. The Balaban J connectivity index is 0.00000162. The molecule has 0 saturated carbocycles. The lowest BCUT2D eigenvalue weighted by Gasteiger charge is -2.08. The van der Waals surface area contributed by atoms with Crippen molar-refractivity contribution in [2.24, 2.45) is 4.99 Å². The molecule has 100 valence electrons. The Morgan fingerprint density at radius 3 is 2.67 bits per heavy atom. The van der Waals surface area contributed by atoms with Crippen molar-refractivity contribution in [1.82, 2.24) is 5.32 Å². The van der Waals surface area contributed by atoms with Crippen molar-refractivity contribution in [3.63, 3.8) is 0 Å². The Kier molecular flexibility index (Phi) is 6.81. The first-order valence-corrected chi connectivity index (χ1v) is 6.67. The summed E-state index contributed by atoms with van der Waals surface area (Å²) < 4.78 is 0. The molecule has 2 nitrogen and oxygen atoms in total. The number of amidine groups is 1. The first-order chi connectivity index (χ1) is 8.34. The highest BCUT2D eigenvalue weighted by molar-refractivity contribution is 5.85. The van der Waals surface area contributed by atoms with E-state index in [9.17, 15) is 0 Å². The molecule has 18 heavy (non-hydrogen) atoms. The topological polar surface area (TPSA) is 24.4 Å². The van der Waals surface area contributed by atoms with Crippen LogP contribution >= 0.6 is 12.4 Å². The van der Waals surface area contributed by atoms with Crippen LogP contribution in [0.1, 0.15) is 36.8 Å². The van der Waals surface area contributed by atoms with Gasteiger partial charge in [0.2, 0.25) is 0 Å². The van der Waals surface area contributed by atoms with Gasteiger partial charge >= 0.3 is 0 Å². The number of nitrogens with one attached hydrogen (secondary N) is 1. The number of rotatable bonds is 3. The van der Waals surface area contributed by atoms with Gasteiger partial charge in [-0.1, -0.05) is 36.2 Å². The molecule has 1 heterocycles. The minimum atomic E-state index is 0. The van der Waals surface area contributed by atoms with Gasteiger partial charge in [0, 0.05) is 19.5 Å². The molecule has 1 aromatic rings. The zero-order chi connectivity index (χ0) is 11.9. The van der Waals surface area contributed by atoms with Gasteiger partial charge in [0.1, 0.15) is 0 Å². The van der Waals surface area contributed by atoms with Gasteiger partial charge in [0.15, 0.2) is 0 Å². The van der Waals surface area contributed by atoms with E-state index in [1.165, 1.54) is 36.2 Å². The van der Waals surface area contributed by atoms with Crippen LogP contribution in [0, 0.1) is 6.92 Å². The molecule has 0 aliphatic carbocycles. The van der Waals surface area contributed by atoms with E-state index in [0.29, 0.717) is 0 Å². The normalized spacial score (nSPS) is 15.3. The Hall–Kier alpha value is -1.02. The van der Waals surface area contributed by atoms with Gasteiger partial charge in [-0.3, -0.25) is 4.99 Å². The molecule has 0 bridgehead atoms. The molecule has 3 heteroatoms. The lowest BCUT2D eigenvalue weighted by molar-refractivity contribution is 0.728. The number of aliphatic imine (C=N–C) groups is 1. The SMILES string of the molecule is Cc1ccc(CCNC2=NCCCCC2)cc1.Cl. The molecule has 0 spiro atoms. The minimum absolute atomic E-state index is 0. The molecule has 0 radical (unpaired) electrons. The van der Waals surface area contributed by atoms with Crippen molar-refractivity contribution in [2.75, 3.05) is 13.1 Å². The average molecular weight is 267 g/mol. The second-order valence-corrected chi connectivity index (χ2v) is 4.80. The van der Waals surface area contributed by atoms with Gasteiger partial charge in [-0.15, -0.1) is 12.4 Å². The molecule has 1 aliphatic heterocycles. The van der Waals surface area contributed by atoms with Crippen molar-refractivity contribution in [1.29, 1.82) is 0 Å². The van der Waals surface area contributed by atoms with Gasteiger partial charge in [-0.05, 0) is 31.7 Å². The molecule has 0 amide bonds. The van der Waals surface area contributed by atoms with Crippen LogP contribution < -0.4 is 5.32 Å². The highest BCUT2D eigenvalue weighted by Crippen LogP contribution is 2.06. The highest BCUT2D eigenvalue weighted by Gasteiger charge is 2.03. The summed E-state index contributed by atoms with van der Waals surface area (Å²) in [5.41, 5.74) is 2.73. The summed E-state index contributed by atoms with van der Waals surface area (Å²) in [7, 11) is 0. The maximum atomic E-state index is 4.57.